The van der Waals surface area contributed by atoms with Crippen molar-refractivity contribution in [2.45, 2.75) is 50.5 Å². The quantitative estimate of drug-likeness (QED) is 0.190. The summed E-state index contributed by atoms with van der Waals surface area (Å²) in [7, 11) is 0. The van der Waals surface area contributed by atoms with Gasteiger partial charge in [-0.25, -0.2) is 0 Å². The van der Waals surface area contributed by atoms with Gasteiger partial charge >= 0.3 is 6.18 Å². The average Bonchev–Trinajstić information content (AvgIpc) is 3.32. The Morgan fingerprint density at radius 2 is 1.59 bits per heavy atom. The van der Waals surface area contributed by atoms with Crippen LogP contribution in [0.1, 0.15) is 63.4 Å². The predicted octanol–water partition coefficient (Wildman–Crippen LogP) is 4.86. The number of nitrogens with one attached hydrogen (secondary N) is 3. The van der Waals surface area contributed by atoms with Gasteiger partial charge in [-0.15, -0.1) is 0 Å². The third-order valence-corrected chi connectivity index (χ3v) is 7.36. The number of rotatable bonds is 7. The number of pyridine rings is 1. The Kier molecular flexibility index (Phi) is 7.78. The third-order valence-electron chi connectivity index (χ3n) is 7.36. The number of amides is 2. The molecule has 1 aliphatic rings. The fraction of sp³-hybridized carbons (Fsp3) is 0.267. The molecule has 4 aromatic rings. The number of hydrogen-bond acceptors (Lipinski definition) is 4. The van der Waals surface area contributed by atoms with Gasteiger partial charge < -0.3 is 20.9 Å². The van der Waals surface area contributed by atoms with E-state index in [1.54, 1.807) is 53.2 Å². The van der Waals surface area contributed by atoms with Crippen LogP contribution < -0.4 is 16.4 Å². The van der Waals surface area contributed by atoms with Crippen LogP contribution in [0.2, 0.25) is 0 Å². The molecule has 8 nitrogen and oxygen atoms in total. The number of nitrogens with zero attached hydrogens (tertiary/aromatic N) is 2. The molecule has 0 radical (unpaired) electrons. The van der Waals surface area contributed by atoms with Crippen LogP contribution in [0.25, 0.3) is 10.9 Å². The molecular formula is C30H29F3N6O2. The number of hydrogen-bond donors (Lipinski definition) is 4. The van der Waals surface area contributed by atoms with Crippen molar-refractivity contribution in [1.29, 1.82) is 5.41 Å². The number of carbonyl (C=O) groups excluding carboxylic acids is 2. The summed E-state index contributed by atoms with van der Waals surface area (Å²) in [5.41, 5.74) is 7.35. The van der Waals surface area contributed by atoms with Crippen molar-refractivity contribution in [3.8, 4) is 0 Å². The highest BCUT2D eigenvalue weighted by Crippen LogP contribution is 2.30. The van der Waals surface area contributed by atoms with Crippen molar-refractivity contribution >= 4 is 28.6 Å². The minimum atomic E-state index is -4.44. The van der Waals surface area contributed by atoms with E-state index >= 15 is 0 Å². The summed E-state index contributed by atoms with van der Waals surface area (Å²) < 4.78 is 40.9. The van der Waals surface area contributed by atoms with Crippen LogP contribution in [-0.4, -0.2) is 39.3 Å². The van der Waals surface area contributed by atoms with Gasteiger partial charge in [0.05, 0.1) is 5.56 Å². The van der Waals surface area contributed by atoms with Crippen LogP contribution in [0.3, 0.4) is 0 Å². The van der Waals surface area contributed by atoms with Gasteiger partial charge in [0.1, 0.15) is 17.2 Å². The maximum atomic E-state index is 13.5. The van der Waals surface area contributed by atoms with E-state index in [1.165, 1.54) is 12.1 Å². The summed E-state index contributed by atoms with van der Waals surface area (Å²) in [6.45, 7) is 0.151. The Balaban J connectivity index is 1.32. The summed E-state index contributed by atoms with van der Waals surface area (Å²) in [6.07, 6.45) is -0.140. The Hall–Kier alpha value is -4.67. The number of aromatic nitrogens is 2. The highest BCUT2D eigenvalue weighted by Gasteiger charge is 2.30. The normalized spacial score (nSPS) is 17.2. The molecule has 5 N–H and O–H groups in total. The van der Waals surface area contributed by atoms with Crippen LogP contribution in [0, 0.1) is 5.41 Å². The number of halogens is 3. The molecule has 0 spiro atoms. The zero-order valence-corrected chi connectivity index (χ0v) is 22.0. The Morgan fingerprint density at radius 1 is 0.927 bits per heavy atom. The molecular weight excluding hydrogens is 533 g/mol. The first-order valence-corrected chi connectivity index (χ1v) is 13.2. The monoisotopic (exact) mass is 562 g/mol. The molecule has 0 saturated heterocycles. The molecule has 1 aliphatic carbocycles. The SMILES string of the molecule is N=C(N)c1ccc2cc(C(=O)N[C@H]3CC[C@H](NC(=O)c4ccccn4)CC3)n(Cc3ccc(C(F)(F)F)cc3)c2c1. The van der Waals surface area contributed by atoms with Gasteiger partial charge in [-0.3, -0.25) is 20.0 Å². The number of carbonyl (C=O) groups is 2. The lowest BCUT2D eigenvalue weighted by molar-refractivity contribution is -0.137. The lowest BCUT2D eigenvalue weighted by atomic mass is 9.91. The summed E-state index contributed by atoms with van der Waals surface area (Å²) in [4.78, 5) is 30.0. The second-order valence-corrected chi connectivity index (χ2v) is 10.2. The third kappa shape index (κ3) is 6.40. The standard InChI is InChI=1S/C30H29F3N6O2/c31-30(32,33)21-8-4-18(5-9-21)17-39-25-16-20(27(34)35)7-6-19(25)15-26(39)29(41)38-23-12-10-22(11-13-23)37-28(40)24-3-1-2-14-36-24/h1-9,14-16,22-23H,10-13,17H2,(H3,34,35)(H,37,40)(H,38,41)/t22-,23-. The minimum Gasteiger partial charge on any atom is -0.384 e. The van der Waals surface area contributed by atoms with Gasteiger partial charge in [0.25, 0.3) is 11.8 Å². The van der Waals surface area contributed by atoms with Gasteiger partial charge in [0.15, 0.2) is 0 Å². The molecule has 1 fully saturated rings. The highest BCUT2D eigenvalue weighted by molar-refractivity contribution is 6.02. The van der Waals surface area contributed by atoms with Crippen molar-refractivity contribution in [3.05, 3.63) is 101 Å². The first-order valence-electron chi connectivity index (χ1n) is 13.2. The van der Waals surface area contributed by atoms with Crippen LogP contribution in [0.4, 0.5) is 13.2 Å². The van der Waals surface area contributed by atoms with E-state index < -0.39 is 11.7 Å². The van der Waals surface area contributed by atoms with E-state index in [2.05, 4.69) is 15.6 Å². The molecule has 11 heteroatoms. The molecule has 5 rings (SSSR count). The molecule has 0 aliphatic heterocycles. The van der Waals surface area contributed by atoms with E-state index in [4.69, 9.17) is 11.1 Å². The topological polar surface area (TPSA) is 126 Å². The first kappa shape index (κ1) is 27.9. The summed E-state index contributed by atoms with van der Waals surface area (Å²) in [6, 6.07) is 16.8. The van der Waals surface area contributed by atoms with E-state index in [0.29, 0.717) is 53.7 Å². The molecule has 0 atom stereocenters. The van der Waals surface area contributed by atoms with Crippen molar-refractivity contribution in [3.63, 3.8) is 0 Å². The largest absolute Gasteiger partial charge is 0.416 e. The fourth-order valence-electron chi connectivity index (χ4n) is 5.16. The van der Waals surface area contributed by atoms with Gasteiger partial charge in [-0.2, -0.15) is 13.2 Å². The number of alkyl halides is 3. The van der Waals surface area contributed by atoms with Crippen LogP contribution >= 0.6 is 0 Å². The van der Waals surface area contributed by atoms with Crippen molar-refractivity contribution in [1.82, 2.24) is 20.2 Å². The second-order valence-electron chi connectivity index (χ2n) is 10.2. The molecule has 0 unspecified atom stereocenters. The van der Waals surface area contributed by atoms with Gasteiger partial charge in [-0.1, -0.05) is 30.3 Å². The minimum absolute atomic E-state index is 0.0196. The van der Waals surface area contributed by atoms with Crippen molar-refractivity contribution < 1.29 is 22.8 Å². The zero-order chi connectivity index (χ0) is 29.1. The van der Waals surface area contributed by atoms with Gasteiger partial charge in [0.2, 0.25) is 0 Å². The van der Waals surface area contributed by atoms with Crippen LogP contribution in [0.5, 0.6) is 0 Å². The molecule has 41 heavy (non-hydrogen) atoms. The zero-order valence-electron chi connectivity index (χ0n) is 22.0. The second kappa shape index (κ2) is 11.4. The number of nitrogens with two attached hydrogens (primary N) is 1. The number of nitrogen functional groups attached to an aromatic ring is 1. The van der Waals surface area contributed by atoms with E-state index in [1.807, 2.05) is 0 Å². The maximum Gasteiger partial charge on any atom is 0.416 e. The lowest BCUT2D eigenvalue weighted by Crippen LogP contribution is -2.44. The Morgan fingerprint density at radius 3 is 2.17 bits per heavy atom. The molecule has 2 amide bonds. The molecule has 0 bridgehead atoms. The fourth-order valence-corrected chi connectivity index (χ4v) is 5.16. The Labute approximate surface area is 234 Å². The highest BCUT2D eigenvalue weighted by atomic mass is 19.4. The van der Waals surface area contributed by atoms with Crippen molar-refractivity contribution in [2.75, 3.05) is 0 Å². The maximum absolute atomic E-state index is 13.5. The van der Waals surface area contributed by atoms with Gasteiger partial charge in [0, 0.05) is 41.3 Å². The number of fused-ring (bicyclic) bond motifs is 1. The number of amidine groups is 1. The number of benzene rings is 2. The smallest absolute Gasteiger partial charge is 0.384 e. The molecule has 2 aromatic heterocycles. The molecule has 212 valence electrons. The molecule has 2 heterocycles. The summed E-state index contributed by atoms with van der Waals surface area (Å²) >= 11 is 0. The Bertz CT molecular complexity index is 1570. The summed E-state index contributed by atoms with van der Waals surface area (Å²) in [5.74, 6) is -0.665. The van der Waals surface area contributed by atoms with Gasteiger partial charge in [-0.05, 0) is 67.6 Å². The van der Waals surface area contributed by atoms with Crippen molar-refractivity contribution in [2.24, 2.45) is 5.73 Å². The van der Waals surface area contributed by atoms with Crippen LogP contribution in [-0.2, 0) is 12.7 Å². The summed E-state index contributed by atoms with van der Waals surface area (Å²) in [5, 5.41) is 14.6. The van der Waals surface area contributed by atoms with E-state index in [9.17, 15) is 22.8 Å². The van der Waals surface area contributed by atoms with E-state index in [-0.39, 0.29) is 36.3 Å². The predicted molar refractivity (Wildman–Crippen MR) is 149 cm³/mol. The average molecular weight is 563 g/mol. The molecule has 2 aromatic carbocycles. The van der Waals surface area contributed by atoms with E-state index in [0.717, 1.165) is 17.5 Å². The lowest BCUT2D eigenvalue weighted by Gasteiger charge is -2.29. The first-order chi connectivity index (χ1) is 19.6. The molecule has 1 saturated carbocycles. The van der Waals surface area contributed by atoms with Crippen LogP contribution in [0.15, 0.2) is 72.9 Å².